The van der Waals surface area contributed by atoms with Crippen molar-refractivity contribution in [2.75, 3.05) is 0 Å². The lowest BCUT2D eigenvalue weighted by molar-refractivity contribution is -0.135. The third-order valence-corrected chi connectivity index (χ3v) is 2.65. The molecule has 0 amide bonds. The van der Waals surface area contributed by atoms with E-state index in [4.69, 9.17) is 0 Å². The molecule has 0 bridgehead atoms. The quantitative estimate of drug-likeness (QED) is 0.258. The summed E-state index contributed by atoms with van der Waals surface area (Å²) in [4.78, 5) is 11.3. The van der Waals surface area contributed by atoms with E-state index in [9.17, 15) is 31.1 Å². The van der Waals surface area contributed by atoms with Crippen LogP contribution in [0.1, 0.15) is 32.6 Å². The molecule has 1 aromatic carbocycles. The lowest BCUT2D eigenvalue weighted by Gasteiger charge is -2.09. The van der Waals surface area contributed by atoms with Crippen LogP contribution in [-0.4, -0.2) is 12.1 Å². The Kier molecular flexibility index (Phi) is 6.04. The monoisotopic (exact) mass is 314 g/mol. The Morgan fingerprint density at radius 1 is 0.952 bits per heavy atom. The second kappa shape index (κ2) is 7.33. The van der Waals surface area contributed by atoms with E-state index in [0.29, 0.717) is 6.42 Å². The van der Waals surface area contributed by atoms with E-state index in [0.717, 1.165) is 0 Å². The topological polar surface area (TPSA) is 26.3 Å². The molecule has 0 aliphatic carbocycles. The van der Waals surface area contributed by atoms with Crippen molar-refractivity contribution in [3.63, 3.8) is 0 Å². The van der Waals surface area contributed by atoms with Gasteiger partial charge >= 0.3 is 5.97 Å². The molecular formula is C13H12F6O2. The van der Waals surface area contributed by atoms with Gasteiger partial charge in [-0.2, -0.15) is 8.78 Å². The number of carbonyl (C=O) groups is 1. The van der Waals surface area contributed by atoms with Gasteiger partial charge in [0.2, 0.25) is 34.8 Å². The van der Waals surface area contributed by atoms with Gasteiger partial charge in [0.25, 0.3) is 0 Å². The molecule has 0 saturated carbocycles. The van der Waals surface area contributed by atoms with E-state index >= 15 is 0 Å². The molecule has 0 heterocycles. The van der Waals surface area contributed by atoms with Crippen LogP contribution in [0, 0.1) is 29.1 Å². The molecule has 0 radical (unpaired) electrons. The fourth-order valence-corrected chi connectivity index (χ4v) is 1.57. The summed E-state index contributed by atoms with van der Waals surface area (Å²) in [5.41, 5.74) is 0. The van der Waals surface area contributed by atoms with E-state index in [1.807, 2.05) is 0 Å². The first-order valence-electron chi connectivity index (χ1n) is 6.15. The number of alkyl halides is 1. The van der Waals surface area contributed by atoms with Crippen LogP contribution in [0.4, 0.5) is 26.3 Å². The summed E-state index contributed by atoms with van der Waals surface area (Å²) < 4.78 is 82.1. The Morgan fingerprint density at radius 2 is 1.43 bits per heavy atom. The van der Waals surface area contributed by atoms with Gasteiger partial charge in [0.1, 0.15) is 6.17 Å². The molecule has 0 aliphatic heterocycles. The van der Waals surface area contributed by atoms with Gasteiger partial charge in [0, 0.05) is 6.42 Å². The Labute approximate surface area is 116 Å². The average molecular weight is 314 g/mol. The summed E-state index contributed by atoms with van der Waals surface area (Å²) in [6, 6.07) is 0. The summed E-state index contributed by atoms with van der Waals surface area (Å²) >= 11 is 0. The molecule has 0 fully saturated rings. The van der Waals surface area contributed by atoms with Crippen LogP contribution < -0.4 is 4.74 Å². The molecule has 8 heteroatoms. The molecule has 1 unspecified atom stereocenters. The highest BCUT2D eigenvalue weighted by atomic mass is 19.2. The first kappa shape index (κ1) is 17.3. The van der Waals surface area contributed by atoms with Crippen molar-refractivity contribution in [3.8, 4) is 5.75 Å². The Morgan fingerprint density at radius 3 is 1.90 bits per heavy atom. The van der Waals surface area contributed by atoms with Crippen LogP contribution in [-0.2, 0) is 4.79 Å². The number of hydrogen-bond acceptors (Lipinski definition) is 2. The summed E-state index contributed by atoms with van der Waals surface area (Å²) in [5.74, 6) is -14.2. The number of esters is 1. The molecule has 0 saturated heterocycles. The first-order valence-corrected chi connectivity index (χ1v) is 6.15. The lowest BCUT2D eigenvalue weighted by atomic mass is 10.1. The third kappa shape index (κ3) is 4.12. The highest BCUT2D eigenvalue weighted by molar-refractivity contribution is 5.72. The second-order valence-electron chi connectivity index (χ2n) is 4.30. The Balaban J connectivity index is 2.82. The van der Waals surface area contributed by atoms with Gasteiger partial charge in [-0.15, -0.1) is 0 Å². The van der Waals surface area contributed by atoms with Crippen molar-refractivity contribution in [3.05, 3.63) is 29.1 Å². The maximum atomic E-state index is 13.2. The van der Waals surface area contributed by atoms with Crippen molar-refractivity contribution in [1.82, 2.24) is 0 Å². The van der Waals surface area contributed by atoms with Crippen LogP contribution >= 0.6 is 0 Å². The maximum absolute atomic E-state index is 13.2. The predicted octanol–water partition coefficient (Wildman–Crippen LogP) is 4.21. The molecule has 0 aromatic heterocycles. The van der Waals surface area contributed by atoms with Crippen molar-refractivity contribution in [1.29, 1.82) is 0 Å². The van der Waals surface area contributed by atoms with Crippen LogP contribution in [0.15, 0.2) is 0 Å². The van der Waals surface area contributed by atoms with Crippen LogP contribution in [0.2, 0.25) is 0 Å². The van der Waals surface area contributed by atoms with Gasteiger partial charge in [-0.1, -0.05) is 13.3 Å². The standard InChI is InChI=1S/C13H12F6O2/c1-2-3-6(14)4-5-7(20)21-13-11(18)9(16)8(15)10(17)12(13)19/h6H,2-5H2,1H3. The van der Waals surface area contributed by atoms with Gasteiger partial charge in [-0.3, -0.25) is 4.79 Å². The molecule has 0 spiro atoms. The normalized spacial score (nSPS) is 12.3. The van der Waals surface area contributed by atoms with Gasteiger partial charge in [0.15, 0.2) is 0 Å². The zero-order chi connectivity index (χ0) is 16.2. The number of hydrogen-bond donors (Lipinski definition) is 0. The van der Waals surface area contributed by atoms with Gasteiger partial charge < -0.3 is 4.74 Å². The lowest BCUT2D eigenvalue weighted by Crippen LogP contribution is -2.15. The molecular weight excluding hydrogens is 302 g/mol. The number of halogens is 6. The van der Waals surface area contributed by atoms with E-state index in [1.54, 1.807) is 6.92 Å². The first-order chi connectivity index (χ1) is 9.79. The second-order valence-corrected chi connectivity index (χ2v) is 4.30. The minimum absolute atomic E-state index is 0.190. The van der Waals surface area contributed by atoms with Crippen molar-refractivity contribution in [2.24, 2.45) is 0 Å². The molecule has 2 nitrogen and oxygen atoms in total. The van der Waals surface area contributed by atoms with Gasteiger partial charge in [0.05, 0.1) is 0 Å². The summed E-state index contributed by atoms with van der Waals surface area (Å²) in [7, 11) is 0. The molecule has 0 N–H and O–H groups in total. The largest absolute Gasteiger partial charge is 0.420 e. The highest BCUT2D eigenvalue weighted by Gasteiger charge is 2.28. The predicted molar refractivity (Wildman–Crippen MR) is 60.9 cm³/mol. The number of ether oxygens (including phenoxy) is 1. The minimum Gasteiger partial charge on any atom is -0.420 e. The van der Waals surface area contributed by atoms with Crippen molar-refractivity contribution < 1.29 is 35.9 Å². The molecule has 0 aliphatic rings. The summed E-state index contributed by atoms with van der Waals surface area (Å²) in [6.07, 6.45) is -1.38. The Hall–Kier alpha value is -1.73. The summed E-state index contributed by atoms with van der Waals surface area (Å²) in [5, 5.41) is 0. The smallest absolute Gasteiger partial charge is 0.311 e. The number of benzene rings is 1. The van der Waals surface area contributed by atoms with Gasteiger partial charge in [-0.05, 0) is 12.8 Å². The highest BCUT2D eigenvalue weighted by Crippen LogP contribution is 2.29. The van der Waals surface area contributed by atoms with E-state index in [1.165, 1.54) is 0 Å². The molecule has 118 valence electrons. The van der Waals surface area contributed by atoms with E-state index < -0.39 is 53.4 Å². The minimum atomic E-state index is -2.35. The molecule has 1 rings (SSSR count). The zero-order valence-corrected chi connectivity index (χ0v) is 11.0. The zero-order valence-electron chi connectivity index (χ0n) is 11.0. The molecule has 1 atom stereocenters. The maximum Gasteiger partial charge on any atom is 0.311 e. The van der Waals surface area contributed by atoms with E-state index in [2.05, 4.69) is 4.74 Å². The van der Waals surface area contributed by atoms with Crippen molar-refractivity contribution >= 4 is 5.97 Å². The van der Waals surface area contributed by atoms with E-state index in [-0.39, 0.29) is 12.8 Å². The fraction of sp³-hybridized carbons (Fsp3) is 0.462. The average Bonchev–Trinajstić information content (AvgIpc) is 2.46. The SMILES string of the molecule is CCCC(F)CCC(=O)Oc1c(F)c(F)c(F)c(F)c1F. The van der Waals surface area contributed by atoms with Crippen LogP contribution in [0.25, 0.3) is 0 Å². The van der Waals surface area contributed by atoms with Crippen LogP contribution in [0.3, 0.4) is 0 Å². The molecule has 1 aromatic rings. The van der Waals surface area contributed by atoms with Crippen LogP contribution in [0.5, 0.6) is 5.75 Å². The fourth-order valence-electron chi connectivity index (χ4n) is 1.57. The Bertz CT molecular complexity index is 503. The summed E-state index contributed by atoms with van der Waals surface area (Å²) in [6.45, 7) is 1.72. The van der Waals surface area contributed by atoms with Crippen molar-refractivity contribution in [2.45, 2.75) is 38.8 Å². The third-order valence-electron chi connectivity index (χ3n) is 2.65. The van der Waals surface area contributed by atoms with Gasteiger partial charge in [-0.25, -0.2) is 17.6 Å². The number of carbonyl (C=O) groups excluding carboxylic acids is 1. The molecule has 21 heavy (non-hydrogen) atoms. The number of rotatable bonds is 6.